The molecule has 26 heavy (non-hydrogen) atoms. The van der Waals surface area contributed by atoms with Crippen molar-refractivity contribution in [3.63, 3.8) is 0 Å². The van der Waals surface area contributed by atoms with Crippen LogP contribution in [-0.2, 0) is 6.54 Å². The molecule has 3 aromatic carbocycles. The van der Waals surface area contributed by atoms with Gasteiger partial charge >= 0.3 is 0 Å². The van der Waals surface area contributed by atoms with Crippen molar-refractivity contribution in [2.45, 2.75) is 6.54 Å². The molecule has 0 amide bonds. The predicted molar refractivity (Wildman–Crippen MR) is 110 cm³/mol. The van der Waals surface area contributed by atoms with Gasteiger partial charge in [-0.2, -0.15) is 5.10 Å². The summed E-state index contributed by atoms with van der Waals surface area (Å²) in [5.41, 5.74) is 2.48. The Morgan fingerprint density at radius 3 is 2.38 bits per heavy atom. The smallest absolute Gasteiger partial charge is 0.0549 e. The van der Waals surface area contributed by atoms with Crippen molar-refractivity contribution >= 4 is 28.6 Å². The third kappa shape index (κ3) is 4.06. The summed E-state index contributed by atoms with van der Waals surface area (Å²) >= 11 is 5.96. The number of hydrogen-bond donors (Lipinski definition) is 0. The van der Waals surface area contributed by atoms with E-state index in [1.807, 2.05) is 18.3 Å². The van der Waals surface area contributed by atoms with E-state index < -0.39 is 0 Å². The third-order valence-corrected chi connectivity index (χ3v) is 5.10. The fourth-order valence-electron chi connectivity index (χ4n) is 3.37. The third-order valence-electron chi connectivity index (χ3n) is 4.85. The second-order valence-corrected chi connectivity index (χ2v) is 7.11. The minimum Gasteiger partial charge on any atom is -0.295 e. The molecule has 4 heteroatoms. The van der Waals surface area contributed by atoms with Gasteiger partial charge in [-0.25, -0.2) is 0 Å². The fraction of sp³-hybridized carbons (Fsp3) is 0.227. The van der Waals surface area contributed by atoms with Crippen LogP contribution in [0.15, 0.2) is 71.8 Å². The second kappa shape index (κ2) is 7.90. The van der Waals surface area contributed by atoms with Crippen LogP contribution < -0.4 is 0 Å². The summed E-state index contributed by atoms with van der Waals surface area (Å²) in [7, 11) is 0. The minimum atomic E-state index is 0.793. The number of nitrogens with zero attached hydrogens (tertiary/aromatic N) is 3. The monoisotopic (exact) mass is 363 g/mol. The van der Waals surface area contributed by atoms with Crippen LogP contribution in [0.5, 0.6) is 0 Å². The molecule has 3 nitrogen and oxygen atoms in total. The molecule has 0 aliphatic carbocycles. The lowest BCUT2D eigenvalue weighted by atomic mass is 10.1. The fourth-order valence-corrected chi connectivity index (χ4v) is 3.49. The van der Waals surface area contributed by atoms with Crippen LogP contribution >= 0.6 is 11.6 Å². The Bertz CT molecular complexity index is 891. The summed E-state index contributed by atoms with van der Waals surface area (Å²) < 4.78 is 0. The normalized spacial score (nSPS) is 15.8. The molecule has 0 bridgehead atoms. The van der Waals surface area contributed by atoms with E-state index in [4.69, 9.17) is 16.7 Å². The largest absolute Gasteiger partial charge is 0.295 e. The van der Waals surface area contributed by atoms with Crippen molar-refractivity contribution in [3.05, 3.63) is 82.9 Å². The van der Waals surface area contributed by atoms with E-state index in [0.29, 0.717) is 0 Å². The van der Waals surface area contributed by atoms with E-state index in [2.05, 4.69) is 64.5 Å². The van der Waals surface area contributed by atoms with E-state index in [-0.39, 0.29) is 0 Å². The van der Waals surface area contributed by atoms with E-state index in [9.17, 15) is 0 Å². The Morgan fingerprint density at radius 1 is 0.846 bits per heavy atom. The molecule has 4 rings (SSSR count). The van der Waals surface area contributed by atoms with Crippen molar-refractivity contribution in [1.82, 2.24) is 9.91 Å². The molecule has 1 aliphatic rings. The molecule has 0 radical (unpaired) electrons. The zero-order chi connectivity index (χ0) is 17.8. The summed E-state index contributed by atoms with van der Waals surface area (Å²) in [6.07, 6.45) is 2.00. The highest BCUT2D eigenvalue weighted by Gasteiger charge is 2.15. The molecule has 132 valence electrons. The van der Waals surface area contributed by atoms with Crippen LogP contribution in [0, 0.1) is 0 Å². The molecule has 0 saturated carbocycles. The van der Waals surface area contributed by atoms with Crippen molar-refractivity contribution in [2.75, 3.05) is 26.2 Å². The predicted octanol–water partition coefficient (Wildman–Crippen LogP) is 4.64. The van der Waals surface area contributed by atoms with Crippen molar-refractivity contribution in [3.8, 4) is 0 Å². The molecule has 0 aromatic heterocycles. The highest BCUT2D eigenvalue weighted by atomic mass is 35.5. The van der Waals surface area contributed by atoms with E-state index in [1.54, 1.807) is 0 Å². The zero-order valence-corrected chi connectivity index (χ0v) is 15.4. The van der Waals surface area contributed by atoms with Crippen molar-refractivity contribution in [1.29, 1.82) is 0 Å². The Morgan fingerprint density at radius 2 is 1.58 bits per heavy atom. The maximum atomic E-state index is 5.96. The average Bonchev–Trinajstić information content (AvgIpc) is 2.69. The first-order valence-corrected chi connectivity index (χ1v) is 9.39. The van der Waals surface area contributed by atoms with Crippen LogP contribution in [-0.4, -0.2) is 42.3 Å². The van der Waals surface area contributed by atoms with E-state index in [0.717, 1.165) is 37.7 Å². The lowest BCUT2D eigenvalue weighted by Crippen LogP contribution is -2.43. The van der Waals surface area contributed by atoms with Gasteiger partial charge in [-0.1, -0.05) is 66.2 Å². The van der Waals surface area contributed by atoms with Gasteiger partial charge < -0.3 is 0 Å². The molecule has 0 atom stereocenters. The number of halogens is 1. The van der Waals surface area contributed by atoms with Gasteiger partial charge in [0.25, 0.3) is 0 Å². The van der Waals surface area contributed by atoms with E-state index in [1.165, 1.54) is 21.9 Å². The zero-order valence-electron chi connectivity index (χ0n) is 14.7. The van der Waals surface area contributed by atoms with Gasteiger partial charge in [-0.3, -0.25) is 9.91 Å². The van der Waals surface area contributed by atoms with Crippen LogP contribution in [0.4, 0.5) is 0 Å². The molecular formula is C22H22ClN3. The van der Waals surface area contributed by atoms with Crippen LogP contribution in [0.25, 0.3) is 10.8 Å². The molecular weight excluding hydrogens is 342 g/mol. The first-order chi connectivity index (χ1) is 12.8. The Hall–Kier alpha value is -2.36. The number of hydrogen-bond acceptors (Lipinski definition) is 3. The van der Waals surface area contributed by atoms with Crippen molar-refractivity contribution < 1.29 is 0 Å². The molecule has 1 fully saturated rings. The SMILES string of the molecule is Clc1ccc(CN2CCN(N=Cc3cccc4ccccc34)CC2)cc1. The molecule has 3 aromatic rings. The van der Waals surface area contributed by atoms with Crippen LogP contribution in [0.2, 0.25) is 5.02 Å². The lowest BCUT2D eigenvalue weighted by molar-refractivity contribution is 0.131. The molecule has 1 saturated heterocycles. The minimum absolute atomic E-state index is 0.793. The number of rotatable bonds is 4. The van der Waals surface area contributed by atoms with E-state index >= 15 is 0 Å². The van der Waals surface area contributed by atoms with Crippen molar-refractivity contribution in [2.24, 2.45) is 5.10 Å². The summed E-state index contributed by atoms with van der Waals surface area (Å²) in [5, 5.41) is 10.2. The maximum absolute atomic E-state index is 5.96. The highest BCUT2D eigenvalue weighted by molar-refractivity contribution is 6.30. The molecule has 0 unspecified atom stereocenters. The second-order valence-electron chi connectivity index (χ2n) is 6.67. The number of benzene rings is 3. The van der Waals surface area contributed by atoms with Gasteiger partial charge in [0.15, 0.2) is 0 Å². The first-order valence-electron chi connectivity index (χ1n) is 9.01. The number of fused-ring (bicyclic) bond motifs is 1. The van der Waals surface area contributed by atoms with Gasteiger partial charge in [-0.15, -0.1) is 0 Å². The molecule has 1 aliphatic heterocycles. The van der Waals surface area contributed by atoms with Crippen LogP contribution in [0.1, 0.15) is 11.1 Å². The van der Waals surface area contributed by atoms with Gasteiger partial charge in [0.2, 0.25) is 0 Å². The molecule has 0 spiro atoms. The quantitative estimate of drug-likeness (QED) is 0.628. The Kier molecular flexibility index (Phi) is 5.19. The standard InChI is InChI=1S/C22H22ClN3/c23-21-10-8-18(9-11-21)17-25-12-14-26(15-13-25)24-16-20-6-3-5-19-4-1-2-7-22(19)20/h1-11,16H,12-15,17H2. The first kappa shape index (κ1) is 17.1. The Labute approximate surface area is 159 Å². The van der Waals surface area contributed by atoms with Gasteiger partial charge in [0.1, 0.15) is 0 Å². The Balaban J connectivity index is 1.36. The average molecular weight is 364 g/mol. The van der Waals surface area contributed by atoms with Gasteiger partial charge in [-0.05, 0) is 28.5 Å². The highest BCUT2D eigenvalue weighted by Crippen LogP contribution is 2.17. The number of piperazine rings is 1. The van der Waals surface area contributed by atoms with Crippen LogP contribution in [0.3, 0.4) is 0 Å². The number of hydrazone groups is 1. The molecule has 1 heterocycles. The van der Waals surface area contributed by atoms with Gasteiger partial charge in [0, 0.05) is 43.3 Å². The van der Waals surface area contributed by atoms with Gasteiger partial charge in [0.05, 0.1) is 6.21 Å². The summed E-state index contributed by atoms with van der Waals surface area (Å²) in [5.74, 6) is 0. The topological polar surface area (TPSA) is 18.8 Å². The lowest BCUT2D eigenvalue weighted by Gasteiger charge is -2.33. The summed E-state index contributed by atoms with van der Waals surface area (Å²) in [6, 6.07) is 22.9. The molecule has 0 N–H and O–H groups in total. The summed E-state index contributed by atoms with van der Waals surface area (Å²) in [6.45, 7) is 4.92. The maximum Gasteiger partial charge on any atom is 0.0549 e. The summed E-state index contributed by atoms with van der Waals surface area (Å²) in [4.78, 5) is 2.47.